The molecule has 0 fully saturated rings. The molecule has 1 aromatic rings. The Morgan fingerprint density at radius 1 is 1.62 bits per heavy atom. The first-order valence-electron chi connectivity index (χ1n) is 3.56. The van der Waals surface area contributed by atoms with Crippen LogP contribution >= 0.6 is 15.9 Å². The fraction of sp³-hybridized carbons (Fsp3) is 0.125. The van der Waals surface area contributed by atoms with Crippen molar-refractivity contribution in [1.29, 1.82) is 0 Å². The van der Waals surface area contributed by atoms with Crippen LogP contribution in [-0.2, 0) is 0 Å². The van der Waals surface area contributed by atoms with Crippen LogP contribution in [-0.4, -0.2) is 18.1 Å². The third-order valence-corrected chi connectivity index (χ3v) is 2.30. The van der Waals surface area contributed by atoms with E-state index in [-0.39, 0.29) is 11.3 Å². The van der Waals surface area contributed by atoms with Gasteiger partial charge in [0, 0.05) is 22.9 Å². The second-order valence-corrected chi connectivity index (χ2v) is 3.33. The molecule has 0 heterocycles. The van der Waals surface area contributed by atoms with E-state index < -0.39 is 5.97 Å². The summed E-state index contributed by atoms with van der Waals surface area (Å²) in [5.74, 6) is -1.03. The predicted octanol–water partition coefficient (Wildman–Crippen LogP) is 1.77. The zero-order chi connectivity index (χ0) is 10.0. The molecule has 4 N–H and O–H groups in total. The van der Waals surface area contributed by atoms with Crippen LogP contribution in [0.4, 0.5) is 11.4 Å². The van der Waals surface area contributed by atoms with Crippen molar-refractivity contribution in [2.75, 3.05) is 18.1 Å². The molecule has 0 radical (unpaired) electrons. The molecule has 1 aromatic carbocycles. The lowest BCUT2D eigenvalue weighted by molar-refractivity contribution is 0.0698. The Morgan fingerprint density at radius 3 is 2.69 bits per heavy atom. The van der Waals surface area contributed by atoms with E-state index in [0.717, 1.165) is 4.47 Å². The second kappa shape index (κ2) is 3.66. The van der Waals surface area contributed by atoms with Crippen molar-refractivity contribution < 1.29 is 9.90 Å². The van der Waals surface area contributed by atoms with E-state index in [4.69, 9.17) is 10.8 Å². The molecule has 0 spiro atoms. The van der Waals surface area contributed by atoms with Gasteiger partial charge in [0.25, 0.3) is 0 Å². The van der Waals surface area contributed by atoms with Gasteiger partial charge in [0.05, 0.1) is 5.56 Å². The molecule has 13 heavy (non-hydrogen) atoms. The molecule has 1 rings (SSSR count). The molecule has 0 aliphatic heterocycles. The number of nitrogens with one attached hydrogen (secondary N) is 1. The average molecular weight is 245 g/mol. The summed E-state index contributed by atoms with van der Waals surface area (Å²) in [6.07, 6.45) is 0. The lowest BCUT2D eigenvalue weighted by Crippen LogP contribution is -2.04. The average Bonchev–Trinajstić information content (AvgIpc) is 2.03. The predicted molar refractivity (Wildman–Crippen MR) is 55.1 cm³/mol. The minimum absolute atomic E-state index is 0.104. The molecule has 0 amide bonds. The van der Waals surface area contributed by atoms with Gasteiger partial charge in [0.1, 0.15) is 0 Å². The van der Waals surface area contributed by atoms with Crippen LogP contribution in [0.5, 0.6) is 0 Å². The molecule has 70 valence electrons. The van der Waals surface area contributed by atoms with Crippen molar-refractivity contribution >= 4 is 33.3 Å². The van der Waals surface area contributed by atoms with Crippen molar-refractivity contribution in [1.82, 2.24) is 0 Å². The third-order valence-electron chi connectivity index (χ3n) is 1.64. The number of anilines is 2. The Labute approximate surface area is 83.9 Å². The lowest BCUT2D eigenvalue weighted by Gasteiger charge is -2.07. The number of carboxylic acid groups (broad SMARTS) is 1. The number of nitrogen functional groups attached to an aromatic ring is 1. The highest BCUT2D eigenvalue weighted by molar-refractivity contribution is 9.10. The topological polar surface area (TPSA) is 75.3 Å². The Hall–Kier alpha value is -1.23. The van der Waals surface area contributed by atoms with Gasteiger partial charge in [-0.15, -0.1) is 0 Å². The number of carbonyl (C=O) groups is 1. The van der Waals surface area contributed by atoms with Crippen LogP contribution in [0.15, 0.2) is 16.6 Å². The number of hydrogen-bond donors (Lipinski definition) is 3. The highest BCUT2D eigenvalue weighted by atomic mass is 79.9. The molecule has 0 unspecified atom stereocenters. The Kier molecular flexibility index (Phi) is 2.77. The van der Waals surface area contributed by atoms with Crippen LogP contribution in [0.25, 0.3) is 0 Å². The number of carboxylic acids is 1. The SMILES string of the molecule is CNc1cc(C(=O)O)c(N)cc1Br. The molecule has 0 aromatic heterocycles. The first-order chi connectivity index (χ1) is 6.06. The van der Waals surface area contributed by atoms with Gasteiger partial charge in [0.2, 0.25) is 0 Å². The molecule has 4 nitrogen and oxygen atoms in total. The normalized spacial score (nSPS) is 9.69. The summed E-state index contributed by atoms with van der Waals surface area (Å²) < 4.78 is 0.748. The minimum Gasteiger partial charge on any atom is -0.478 e. The van der Waals surface area contributed by atoms with E-state index in [1.807, 2.05) is 0 Å². The molecule has 0 atom stereocenters. The van der Waals surface area contributed by atoms with Crippen LogP contribution in [0.2, 0.25) is 0 Å². The Bertz CT molecular complexity index is 352. The van der Waals surface area contributed by atoms with Gasteiger partial charge in [-0.25, -0.2) is 4.79 Å². The summed E-state index contributed by atoms with van der Waals surface area (Å²) in [5.41, 5.74) is 6.56. The number of hydrogen-bond acceptors (Lipinski definition) is 3. The number of nitrogens with two attached hydrogens (primary N) is 1. The minimum atomic E-state index is -1.03. The quantitative estimate of drug-likeness (QED) is 0.694. The van der Waals surface area contributed by atoms with Crippen molar-refractivity contribution in [2.24, 2.45) is 0 Å². The van der Waals surface area contributed by atoms with Crippen LogP contribution in [0.3, 0.4) is 0 Å². The summed E-state index contributed by atoms with van der Waals surface area (Å²) in [5, 5.41) is 11.6. The van der Waals surface area contributed by atoms with Crippen molar-refractivity contribution in [2.45, 2.75) is 0 Å². The molecule has 0 bridgehead atoms. The highest BCUT2D eigenvalue weighted by Crippen LogP contribution is 2.27. The summed E-state index contributed by atoms with van der Waals surface area (Å²) in [7, 11) is 1.71. The Morgan fingerprint density at radius 2 is 2.23 bits per heavy atom. The number of benzene rings is 1. The first-order valence-corrected chi connectivity index (χ1v) is 4.35. The van der Waals surface area contributed by atoms with Crippen LogP contribution < -0.4 is 11.1 Å². The van der Waals surface area contributed by atoms with Crippen LogP contribution in [0.1, 0.15) is 10.4 Å². The van der Waals surface area contributed by atoms with Crippen molar-refractivity contribution in [3.63, 3.8) is 0 Å². The van der Waals surface area contributed by atoms with E-state index in [1.54, 1.807) is 13.1 Å². The van der Waals surface area contributed by atoms with E-state index in [2.05, 4.69) is 21.2 Å². The smallest absolute Gasteiger partial charge is 0.337 e. The standard InChI is InChI=1S/C8H9BrN2O2/c1-11-7-2-4(8(12)13)6(10)3-5(7)9/h2-3,11H,10H2,1H3,(H,12,13). The lowest BCUT2D eigenvalue weighted by atomic mass is 10.1. The fourth-order valence-corrected chi connectivity index (χ4v) is 1.52. The largest absolute Gasteiger partial charge is 0.478 e. The van der Waals surface area contributed by atoms with Gasteiger partial charge in [-0.1, -0.05) is 0 Å². The first kappa shape index (κ1) is 9.85. The molecular formula is C8H9BrN2O2. The highest BCUT2D eigenvalue weighted by Gasteiger charge is 2.10. The van der Waals surface area contributed by atoms with Crippen LogP contribution in [0, 0.1) is 0 Å². The van der Waals surface area contributed by atoms with Gasteiger partial charge in [-0.3, -0.25) is 0 Å². The molecule has 0 aliphatic rings. The van der Waals surface area contributed by atoms with E-state index in [9.17, 15) is 4.79 Å². The monoisotopic (exact) mass is 244 g/mol. The Balaban J connectivity index is 3.30. The van der Waals surface area contributed by atoms with E-state index >= 15 is 0 Å². The summed E-state index contributed by atoms with van der Waals surface area (Å²) >= 11 is 3.26. The molecule has 0 saturated heterocycles. The fourth-order valence-electron chi connectivity index (χ4n) is 0.965. The molecule has 0 aliphatic carbocycles. The maximum Gasteiger partial charge on any atom is 0.337 e. The second-order valence-electron chi connectivity index (χ2n) is 2.47. The van der Waals surface area contributed by atoms with E-state index in [0.29, 0.717) is 5.69 Å². The number of aromatic carboxylic acids is 1. The maximum absolute atomic E-state index is 10.7. The van der Waals surface area contributed by atoms with Gasteiger partial charge in [-0.05, 0) is 28.1 Å². The summed E-state index contributed by atoms with van der Waals surface area (Å²) in [6.45, 7) is 0. The summed E-state index contributed by atoms with van der Waals surface area (Å²) in [6, 6.07) is 3.05. The third kappa shape index (κ3) is 1.92. The maximum atomic E-state index is 10.7. The van der Waals surface area contributed by atoms with Crippen molar-refractivity contribution in [3.05, 3.63) is 22.2 Å². The molecule has 0 saturated carbocycles. The van der Waals surface area contributed by atoms with Gasteiger partial charge < -0.3 is 16.2 Å². The summed E-state index contributed by atoms with van der Waals surface area (Å²) in [4.78, 5) is 10.7. The van der Waals surface area contributed by atoms with Gasteiger partial charge >= 0.3 is 5.97 Å². The van der Waals surface area contributed by atoms with E-state index in [1.165, 1.54) is 6.07 Å². The number of rotatable bonds is 2. The zero-order valence-corrected chi connectivity index (χ0v) is 8.55. The molecular weight excluding hydrogens is 236 g/mol. The van der Waals surface area contributed by atoms with Gasteiger partial charge in [-0.2, -0.15) is 0 Å². The van der Waals surface area contributed by atoms with Gasteiger partial charge in [0.15, 0.2) is 0 Å². The zero-order valence-electron chi connectivity index (χ0n) is 6.97. The number of halogens is 1. The molecule has 5 heteroatoms. The van der Waals surface area contributed by atoms with Crippen molar-refractivity contribution in [3.8, 4) is 0 Å².